The highest BCUT2D eigenvalue weighted by molar-refractivity contribution is 5.76. The second kappa shape index (κ2) is 7.32. The van der Waals surface area contributed by atoms with E-state index in [1.807, 2.05) is 6.07 Å². The first-order chi connectivity index (χ1) is 9.25. The lowest BCUT2D eigenvalue weighted by Crippen LogP contribution is -2.26. The summed E-state index contributed by atoms with van der Waals surface area (Å²) in [6.45, 7) is 0. The van der Waals surface area contributed by atoms with Crippen LogP contribution in [0, 0.1) is 11.8 Å². The largest absolute Gasteiger partial charge is 0.369 e. The van der Waals surface area contributed by atoms with Crippen LogP contribution in [0.2, 0.25) is 0 Å². The molecule has 0 radical (unpaired) electrons. The molecule has 2 heteroatoms. The molecule has 1 atom stereocenters. The van der Waals surface area contributed by atoms with Crippen LogP contribution in [0.5, 0.6) is 0 Å². The first-order valence-electron chi connectivity index (χ1n) is 7.59. The summed E-state index contributed by atoms with van der Waals surface area (Å²) in [7, 11) is 0. The van der Waals surface area contributed by atoms with E-state index >= 15 is 0 Å². The lowest BCUT2D eigenvalue weighted by Gasteiger charge is -2.25. The van der Waals surface area contributed by atoms with Gasteiger partial charge in [-0.2, -0.15) is 0 Å². The van der Waals surface area contributed by atoms with Gasteiger partial charge in [0, 0.05) is 5.92 Å². The van der Waals surface area contributed by atoms with E-state index in [0.717, 1.165) is 25.2 Å². The molecule has 2 N–H and O–H groups in total. The number of hydrogen-bond acceptors (Lipinski definition) is 1. The monoisotopic (exact) mass is 259 g/mol. The molecule has 0 spiro atoms. The highest BCUT2D eigenvalue weighted by Gasteiger charge is 2.22. The Bertz CT molecular complexity index is 382. The molecule has 0 aliphatic heterocycles. The lowest BCUT2D eigenvalue weighted by molar-refractivity contribution is -0.122. The van der Waals surface area contributed by atoms with Gasteiger partial charge in [0.05, 0.1) is 0 Å². The summed E-state index contributed by atoms with van der Waals surface area (Å²) >= 11 is 0. The molecule has 2 nitrogen and oxygen atoms in total. The van der Waals surface area contributed by atoms with Crippen molar-refractivity contribution in [3.8, 4) is 0 Å². The Labute approximate surface area is 116 Å². The number of nitrogens with two attached hydrogens (primary N) is 1. The quantitative estimate of drug-likeness (QED) is 0.831. The van der Waals surface area contributed by atoms with Crippen molar-refractivity contribution in [1.82, 2.24) is 0 Å². The van der Waals surface area contributed by atoms with Crippen LogP contribution in [0.4, 0.5) is 0 Å². The highest BCUT2D eigenvalue weighted by atomic mass is 16.1. The minimum Gasteiger partial charge on any atom is -0.369 e. The minimum absolute atomic E-state index is 0.0586. The second-order valence-corrected chi connectivity index (χ2v) is 5.86. The molecule has 1 amide bonds. The fourth-order valence-electron chi connectivity index (χ4n) is 3.19. The Morgan fingerprint density at radius 1 is 1.16 bits per heavy atom. The predicted octanol–water partition coefficient (Wildman–Crippen LogP) is 3.69. The summed E-state index contributed by atoms with van der Waals surface area (Å²) in [6.07, 6.45) is 9.45. The van der Waals surface area contributed by atoms with Gasteiger partial charge in [0.25, 0.3) is 0 Å². The molecule has 1 aromatic carbocycles. The Balaban J connectivity index is 1.83. The van der Waals surface area contributed by atoms with Crippen molar-refractivity contribution in [2.75, 3.05) is 0 Å². The zero-order chi connectivity index (χ0) is 13.5. The van der Waals surface area contributed by atoms with Crippen LogP contribution in [-0.4, -0.2) is 5.91 Å². The second-order valence-electron chi connectivity index (χ2n) is 5.86. The van der Waals surface area contributed by atoms with Crippen LogP contribution in [0.1, 0.15) is 50.5 Å². The van der Waals surface area contributed by atoms with Crippen LogP contribution in [0.25, 0.3) is 0 Å². The number of carbonyl (C=O) groups excluding carboxylic acids is 1. The van der Waals surface area contributed by atoms with E-state index in [-0.39, 0.29) is 11.8 Å². The SMILES string of the molecule is NC(=O)C(CCc1ccccc1)CC1CCCCC1. The van der Waals surface area contributed by atoms with E-state index in [1.54, 1.807) is 0 Å². The van der Waals surface area contributed by atoms with Gasteiger partial charge >= 0.3 is 0 Å². The van der Waals surface area contributed by atoms with Gasteiger partial charge in [-0.1, -0.05) is 62.4 Å². The van der Waals surface area contributed by atoms with Gasteiger partial charge in [0.2, 0.25) is 5.91 Å². The van der Waals surface area contributed by atoms with Gasteiger partial charge in [-0.3, -0.25) is 4.79 Å². The van der Waals surface area contributed by atoms with Crippen LogP contribution in [0.3, 0.4) is 0 Å². The summed E-state index contributed by atoms with van der Waals surface area (Å²) in [5.74, 6) is 0.673. The van der Waals surface area contributed by atoms with Crippen molar-refractivity contribution < 1.29 is 4.79 Å². The van der Waals surface area contributed by atoms with Gasteiger partial charge < -0.3 is 5.73 Å². The number of hydrogen-bond donors (Lipinski definition) is 1. The average molecular weight is 259 g/mol. The lowest BCUT2D eigenvalue weighted by atomic mass is 9.81. The van der Waals surface area contributed by atoms with Crippen molar-refractivity contribution in [3.05, 3.63) is 35.9 Å². The van der Waals surface area contributed by atoms with E-state index in [0.29, 0.717) is 0 Å². The number of aryl methyl sites for hydroxylation is 1. The molecule has 1 fully saturated rings. The predicted molar refractivity (Wildman–Crippen MR) is 78.6 cm³/mol. The molecule has 0 bridgehead atoms. The molecule has 0 heterocycles. The first kappa shape index (κ1) is 14.1. The van der Waals surface area contributed by atoms with E-state index in [4.69, 9.17) is 5.73 Å². The smallest absolute Gasteiger partial charge is 0.220 e. The normalized spacial score (nSPS) is 18.1. The van der Waals surface area contributed by atoms with Gasteiger partial charge in [-0.05, 0) is 30.7 Å². The Hall–Kier alpha value is -1.31. The number of rotatable bonds is 6. The van der Waals surface area contributed by atoms with Gasteiger partial charge in [-0.25, -0.2) is 0 Å². The number of carbonyl (C=O) groups is 1. The minimum atomic E-state index is -0.110. The summed E-state index contributed by atoms with van der Waals surface area (Å²) in [5, 5.41) is 0. The topological polar surface area (TPSA) is 43.1 Å². The summed E-state index contributed by atoms with van der Waals surface area (Å²) in [5.41, 5.74) is 6.88. The number of primary amides is 1. The Morgan fingerprint density at radius 2 is 1.84 bits per heavy atom. The molecule has 1 aliphatic carbocycles. The van der Waals surface area contributed by atoms with Gasteiger partial charge in [0.15, 0.2) is 0 Å². The molecule has 104 valence electrons. The van der Waals surface area contributed by atoms with Crippen LogP contribution >= 0.6 is 0 Å². The molecule has 1 saturated carbocycles. The Kier molecular flexibility index (Phi) is 5.44. The molecular weight excluding hydrogens is 234 g/mol. The van der Waals surface area contributed by atoms with Crippen LogP contribution in [-0.2, 0) is 11.2 Å². The molecule has 1 unspecified atom stereocenters. The van der Waals surface area contributed by atoms with Crippen molar-refractivity contribution >= 4 is 5.91 Å². The molecule has 0 saturated heterocycles. The fourth-order valence-corrected chi connectivity index (χ4v) is 3.19. The third-order valence-electron chi connectivity index (χ3n) is 4.37. The maximum Gasteiger partial charge on any atom is 0.220 e. The van der Waals surface area contributed by atoms with Crippen LogP contribution in [0.15, 0.2) is 30.3 Å². The maximum absolute atomic E-state index is 11.6. The number of benzene rings is 1. The molecule has 0 aromatic heterocycles. The molecule has 2 rings (SSSR count). The maximum atomic E-state index is 11.6. The van der Waals surface area contributed by atoms with Gasteiger partial charge in [-0.15, -0.1) is 0 Å². The van der Waals surface area contributed by atoms with E-state index in [1.165, 1.54) is 37.7 Å². The van der Waals surface area contributed by atoms with Crippen molar-refractivity contribution in [2.24, 2.45) is 17.6 Å². The standard InChI is InChI=1S/C17H25NO/c18-17(19)16(13-15-9-5-2-6-10-15)12-11-14-7-3-1-4-8-14/h1,3-4,7-8,15-16H,2,5-6,9-13H2,(H2,18,19). The summed E-state index contributed by atoms with van der Waals surface area (Å²) in [6, 6.07) is 10.4. The summed E-state index contributed by atoms with van der Waals surface area (Å²) in [4.78, 5) is 11.6. The summed E-state index contributed by atoms with van der Waals surface area (Å²) < 4.78 is 0. The van der Waals surface area contributed by atoms with Crippen LogP contribution < -0.4 is 5.73 Å². The van der Waals surface area contributed by atoms with E-state index in [9.17, 15) is 4.79 Å². The van der Waals surface area contributed by atoms with E-state index in [2.05, 4.69) is 24.3 Å². The first-order valence-corrected chi connectivity index (χ1v) is 7.59. The molecule has 1 aromatic rings. The zero-order valence-corrected chi connectivity index (χ0v) is 11.7. The fraction of sp³-hybridized carbons (Fsp3) is 0.588. The van der Waals surface area contributed by atoms with E-state index < -0.39 is 0 Å². The Morgan fingerprint density at radius 3 is 2.47 bits per heavy atom. The third-order valence-corrected chi connectivity index (χ3v) is 4.37. The third kappa shape index (κ3) is 4.70. The zero-order valence-electron chi connectivity index (χ0n) is 11.7. The van der Waals surface area contributed by atoms with Crippen molar-refractivity contribution in [1.29, 1.82) is 0 Å². The highest BCUT2D eigenvalue weighted by Crippen LogP contribution is 2.30. The van der Waals surface area contributed by atoms with Crippen molar-refractivity contribution in [3.63, 3.8) is 0 Å². The molecular formula is C17H25NO. The van der Waals surface area contributed by atoms with Gasteiger partial charge in [0.1, 0.15) is 0 Å². The number of amides is 1. The van der Waals surface area contributed by atoms with Crippen molar-refractivity contribution in [2.45, 2.75) is 51.4 Å². The molecule has 1 aliphatic rings. The average Bonchev–Trinajstić information content (AvgIpc) is 2.45. The molecule has 19 heavy (non-hydrogen) atoms.